The number of benzene rings is 1. The number of phenols is 1. The van der Waals surface area contributed by atoms with Gasteiger partial charge < -0.3 is 9.84 Å². The lowest BCUT2D eigenvalue weighted by atomic mass is 10.1. The van der Waals surface area contributed by atoms with E-state index in [1.807, 2.05) is 0 Å². The highest BCUT2D eigenvalue weighted by Gasteiger charge is 2.05. The van der Waals surface area contributed by atoms with Crippen LogP contribution >= 0.6 is 0 Å². The van der Waals surface area contributed by atoms with Gasteiger partial charge in [-0.15, -0.1) is 0 Å². The molecule has 1 N–H and O–H groups in total. The Morgan fingerprint density at radius 1 is 0.889 bits per heavy atom. The number of phenolic OH excluding ortho intramolecular Hbond substituents is 1. The highest BCUT2D eigenvalue weighted by molar-refractivity contribution is 5.72. The van der Waals surface area contributed by atoms with E-state index in [1.165, 1.54) is 76.7 Å². The Hall–Kier alpha value is -1.77. The van der Waals surface area contributed by atoms with Crippen molar-refractivity contribution in [3.8, 4) is 11.5 Å². The minimum Gasteiger partial charge on any atom is -0.508 e. The maximum absolute atomic E-state index is 11.7. The van der Waals surface area contributed by atoms with Gasteiger partial charge in [0.1, 0.15) is 11.5 Å². The third-order valence-corrected chi connectivity index (χ3v) is 4.69. The molecule has 27 heavy (non-hydrogen) atoms. The van der Waals surface area contributed by atoms with Gasteiger partial charge in [-0.1, -0.05) is 76.5 Å². The van der Waals surface area contributed by atoms with Crippen molar-refractivity contribution in [2.75, 3.05) is 0 Å². The first-order valence-corrected chi connectivity index (χ1v) is 10.9. The first-order valence-electron chi connectivity index (χ1n) is 10.9. The van der Waals surface area contributed by atoms with Crippen molar-refractivity contribution in [3.05, 3.63) is 36.4 Å². The van der Waals surface area contributed by atoms with Crippen molar-refractivity contribution in [3.63, 3.8) is 0 Å². The molecule has 3 nitrogen and oxygen atoms in total. The topological polar surface area (TPSA) is 46.5 Å². The molecule has 0 aliphatic carbocycles. The zero-order valence-corrected chi connectivity index (χ0v) is 17.1. The van der Waals surface area contributed by atoms with E-state index in [0.717, 1.165) is 12.8 Å². The molecule has 0 saturated carbocycles. The minimum atomic E-state index is -0.224. The van der Waals surface area contributed by atoms with E-state index in [0.29, 0.717) is 12.2 Å². The number of rotatable bonds is 16. The van der Waals surface area contributed by atoms with E-state index in [-0.39, 0.29) is 11.7 Å². The molecule has 0 amide bonds. The second-order valence-electron chi connectivity index (χ2n) is 7.31. The summed E-state index contributed by atoms with van der Waals surface area (Å²) in [5, 5.41) is 9.35. The van der Waals surface area contributed by atoms with Crippen molar-refractivity contribution in [1.82, 2.24) is 0 Å². The Kier molecular flexibility index (Phi) is 14.1. The molecule has 0 aliphatic heterocycles. The number of unbranched alkanes of at least 4 members (excludes halogenated alkanes) is 11. The lowest BCUT2D eigenvalue weighted by molar-refractivity contribution is -0.134. The molecule has 0 aromatic heterocycles. The smallest absolute Gasteiger partial charge is 0.311 e. The molecule has 0 atom stereocenters. The second kappa shape index (κ2) is 16.4. The van der Waals surface area contributed by atoms with Crippen molar-refractivity contribution < 1.29 is 14.6 Å². The number of allylic oxidation sites excluding steroid dienone is 2. The Morgan fingerprint density at radius 2 is 1.48 bits per heavy atom. The number of aromatic hydroxyl groups is 1. The summed E-state index contributed by atoms with van der Waals surface area (Å²) in [5.74, 6) is 0.298. The Labute approximate surface area is 165 Å². The number of carbonyl (C=O) groups excluding carboxylic acids is 1. The maximum Gasteiger partial charge on any atom is 0.311 e. The monoisotopic (exact) mass is 374 g/mol. The molecule has 0 aliphatic rings. The van der Waals surface area contributed by atoms with Crippen molar-refractivity contribution >= 4 is 5.97 Å². The lowest BCUT2D eigenvalue weighted by Crippen LogP contribution is -2.07. The quantitative estimate of drug-likeness (QED) is 0.142. The maximum atomic E-state index is 11.7. The molecule has 0 spiro atoms. The Bertz CT molecular complexity index is 522. The van der Waals surface area contributed by atoms with Crippen molar-refractivity contribution in [2.24, 2.45) is 0 Å². The van der Waals surface area contributed by atoms with E-state index in [4.69, 9.17) is 4.74 Å². The summed E-state index contributed by atoms with van der Waals surface area (Å²) >= 11 is 0. The van der Waals surface area contributed by atoms with E-state index in [1.54, 1.807) is 18.2 Å². The molecule has 0 saturated heterocycles. The molecule has 0 bridgehead atoms. The minimum absolute atomic E-state index is 0.112. The van der Waals surface area contributed by atoms with Gasteiger partial charge in [0.05, 0.1) is 0 Å². The van der Waals surface area contributed by atoms with Crippen LogP contribution in [-0.2, 0) is 4.79 Å². The average molecular weight is 375 g/mol. The molecule has 3 heteroatoms. The van der Waals surface area contributed by atoms with Crippen LogP contribution in [0.1, 0.15) is 96.8 Å². The van der Waals surface area contributed by atoms with Gasteiger partial charge in [-0.2, -0.15) is 0 Å². The zero-order chi connectivity index (χ0) is 19.6. The van der Waals surface area contributed by atoms with Crippen LogP contribution in [0.5, 0.6) is 11.5 Å². The van der Waals surface area contributed by atoms with Crippen LogP contribution in [0.25, 0.3) is 0 Å². The van der Waals surface area contributed by atoms with Gasteiger partial charge in [0.25, 0.3) is 0 Å². The first-order chi connectivity index (χ1) is 13.2. The highest BCUT2D eigenvalue weighted by atomic mass is 16.5. The summed E-state index contributed by atoms with van der Waals surface area (Å²) in [7, 11) is 0. The van der Waals surface area contributed by atoms with Crippen LogP contribution in [0.3, 0.4) is 0 Å². The van der Waals surface area contributed by atoms with E-state index in [9.17, 15) is 9.90 Å². The molecule has 0 heterocycles. The first kappa shape index (κ1) is 23.3. The van der Waals surface area contributed by atoms with Gasteiger partial charge in [0.15, 0.2) is 0 Å². The lowest BCUT2D eigenvalue weighted by Gasteiger charge is -2.04. The number of ether oxygens (including phenoxy) is 1. The summed E-state index contributed by atoms with van der Waals surface area (Å²) in [6.45, 7) is 2.26. The summed E-state index contributed by atoms with van der Waals surface area (Å²) in [5.41, 5.74) is 0. The van der Waals surface area contributed by atoms with Gasteiger partial charge >= 0.3 is 5.97 Å². The van der Waals surface area contributed by atoms with Crippen LogP contribution in [0, 0.1) is 0 Å². The highest BCUT2D eigenvalue weighted by Crippen LogP contribution is 2.18. The molecular formula is C24H38O3. The predicted octanol–water partition coefficient (Wildman–Crippen LogP) is 7.34. The third-order valence-electron chi connectivity index (χ3n) is 4.69. The number of esters is 1. The fraction of sp³-hybridized carbons (Fsp3) is 0.625. The molecular weight excluding hydrogens is 336 g/mol. The zero-order valence-electron chi connectivity index (χ0n) is 17.1. The molecule has 0 unspecified atom stereocenters. The van der Waals surface area contributed by atoms with Crippen LogP contribution in [-0.4, -0.2) is 11.1 Å². The van der Waals surface area contributed by atoms with Crippen molar-refractivity contribution in [1.29, 1.82) is 0 Å². The second-order valence-corrected chi connectivity index (χ2v) is 7.31. The molecule has 1 rings (SSSR count). The van der Waals surface area contributed by atoms with Gasteiger partial charge in [0.2, 0.25) is 0 Å². The summed E-state index contributed by atoms with van der Waals surface area (Å²) in [4.78, 5) is 11.7. The number of carbonyl (C=O) groups is 1. The molecule has 0 radical (unpaired) electrons. The number of hydrogen-bond acceptors (Lipinski definition) is 3. The third kappa shape index (κ3) is 14.0. The molecule has 0 fully saturated rings. The summed E-state index contributed by atoms with van der Waals surface area (Å²) in [6.07, 6.45) is 21.3. The van der Waals surface area contributed by atoms with Crippen LogP contribution in [0.2, 0.25) is 0 Å². The molecule has 152 valence electrons. The largest absolute Gasteiger partial charge is 0.508 e. The fourth-order valence-electron chi connectivity index (χ4n) is 3.07. The predicted molar refractivity (Wildman–Crippen MR) is 113 cm³/mol. The van der Waals surface area contributed by atoms with Crippen LogP contribution in [0.4, 0.5) is 0 Å². The standard InChI is InChI=1S/C24H38O3/c1-2-3-4-5-6-7-8-9-10-11-12-13-14-15-16-20-24(26)27-23-19-17-18-22(25)21-23/h9-10,17-19,21,25H,2-8,11-16,20H2,1H3/b10-9-. The average Bonchev–Trinajstić information content (AvgIpc) is 2.65. The summed E-state index contributed by atoms with van der Waals surface area (Å²) < 4.78 is 5.21. The SMILES string of the molecule is CCCCCCCC/C=C\CCCCCCCC(=O)Oc1cccc(O)c1. The van der Waals surface area contributed by atoms with Crippen molar-refractivity contribution in [2.45, 2.75) is 96.8 Å². The van der Waals surface area contributed by atoms with E-state index in [2.05, 4.69) is 19.1 Å². The van der Waals surface area contributed by atoms with Gasteiger partial charge in [-0.3, -0.25) is 4.79 Å². The van der Waals surface area contributed by atoms with Crippen LogP contribution < -0.4 is 4.74 Å². The van der Waals surface area contributed by atoms with Gasteiger partial charge in [-0.05, 0) is 44.2 Å². The Morgan fingerprint density at radius 3 is 2.11 bits per heavy atom. The van der Waals surface area contributed by atoms with Gasteiger partial charge in [-0.25, -0.2) is 0 Å². The molecule has 1 aromatic carbocycles. The summed E-state index contributed by atoms with van der Waals surface area (Å²) in [6, 6.07) is 6.36. The molecule has 1 aromatic rings. The van der Waals surface area contributed by atoms with E-state index < -0.39 is 0 Å². The Balaban J connectivity index is 1.87. The van der Waals surface area contributed by atoms with Gasteiger partial charge in [0, 0.05) is 12.5 Å². The normalized spacial score (nSPS) is 11.1. The van der Waals surface area contributed by atoms with Crippen LogP contribution in [0.15, 0.2) is 36.4 Å². The fourth-order valence-corrected chi connectivity index (χ4v) is 3.07. The number of hydrogen-bond donors (Lipinski definition) is 1. The van der Waals surface area contributed by atoms with E-state index >= 15 is 0 Å².